The van der Waals surface area contributed by atoms with Crippen molar-refractivity contribution in [3.63, 3.8) is 0 Å². The van der Waals surface area contributed by atoms with Crippen molar-refractivity contribution in [3.05, 3.63) is 181 Å². The van der Waals surface area contributed by atoms with E-state index in [1.54, 1.807) is 0 Å². The number of fused-ring (bicyclic) bond motifs is 3. The smallest absolute Gasteiger partial charge is 0.137 e. The van der Waals surface area contributed by atoms with Crippen molar-refractivity contribution >= 4 is 33.2 Å². The largest absolute Gasteiger partial charge is 0.457 e. The van der Waals surface area contributed by atoms with Crippen LogP contribution in [0.15, 0.2) is 170 Å². The van der Waals surface area contributed by atoms with E-state index in [2.05, 4.69) is 220 Å². The second-order valence-electron chi connectivity index (χ2n) is 17.1. The summed E-state index contributed by atoms with van der Waals surface area (Å²) in [7, 11) is 0. The molecule has 0 saturated carbocycles. The third kappa shape index (κ3) is 7.06. The maximum atomic E-state index is 6.83. The summed E-state index contributed by atoms with van der Waals surface area (Å²) in [6, 6.07) is 54.0. The van der Waals surface area contributed by atoms with Crippen LogP contribution in [0.2, 0.25) is 0 Å². The van der Waals surface area contributed by atoms with Crippen LogP contribution in [0, 0.1) is 0 Å². The van der Waals surface area contributed by atoms with Gasteiger partial charge in [-0.3, -0.25) is 4.57 Å². The third-order valence-corrected chi connectivity index (χ3v) is 11.0. The molecular formula is C52H48N4O. The van der Waals surface area contributed by atoms with Crippen LogP contribution in [0.1, 0.15) is 52.7 Å². The van der Waals surface area contributed by atoms with E-state index < -0.39 is 0 Å². The summed E-state index contributed by atoms with van der Waals surface area (Å²) in [6.45, 7) is 14.2. The Morgan fingerprint density at radius 1 is 0.509 bits per heavy atom. The van der Waals surface area contributed by atoms with Gasteiger partial charge in [0.05, 0.1) is 23.4 Å². The molecule has 8 aromatic rings. The fraction of sp³-hybridized carbons (Fsp3) is 0.173. The highest BCUT2D eigenvalue weighted by Gasteiger charge is 2.24. The molecule has 5 heteroatoms. The van der Waals surface area contributed by atoms with E-state index in [0.29, 0.717) is 6.67 Å². The molecule has 3 heterocycles. The minimum absolute atomic E-state index is 0.000755. The Hall–Kier alpha value is -6.59. The van der Waals surface area contributed by atoms with Gasteiger partial charge in [-0.05, 0) is 93.2 Å². The highest BCUT2D eigenvalue weighted by atomic mass is 16.5. The SMILES string of the molecule is CC(C)(C)c1cc(Oc2ccc3c4ccccc4n(-c4cc(C(C)(C)C)ccn4)c3c2)cc(N2C=CN(c3ccc(-c4ccccc4)cc3-c3ccccc3)C2)c1. The number of hydrogen-bond donors (Lipinski definition) is 0. The first-order chi connectivity index (χ1) is 27.5. The van der Waals surface area contributed by atoms with Gasteiger partial charge in [0.1, 0.15) is 17.3 Å². The van der Waals surface area contributed by atoms with Crippen molar-refractivity contribution in [2.75, 3.05) is 16.5 Å². The second-order valence-corrected chi connectivity index (χ2v) is 17.1. The van der Waals surface area contributed by atoms with Gasteiger partial charge in [-0.15, -0.1) is 0 Å². The number of anilines is 2. The Labute approximate surface area is 336 Å². The number of aromatic nitrogens is 2. The first kappa shape index (κ1) is 36.1. The summed E-state index contributed by atoms with van der Waals surface area (Å²) in [5, 5.41) is 2.36. The molecule has 9 rings (SSSR count). The summed E-state index contributed by atoms with van der Waals surface area (Å²) in [5.41, 5.74) is 11.6. The lowest BCUT2D eigenvalue weighted by Gasteiger charge is -2.27. The number of para-hydroxylation sites is 1. The zero-order valence-corrected chi connectivity index (χ0v) is 33.6. The topological polar surface area (TPSA) is 33.5 Å². The first-order valence-corrected chi connectivity index (χ1v) is 19.8. The molecule has 0 fully saturated rings. The van der Waals surface area contributed by atoms with Gasteiger partial charge in [-0.25, -0.2) is 4.98 Å². The number of ether oxygens (including phenoxy) is 1. The van der Waals surface area contributed by atoms with E-state index in [9.17, 15) is 0 Å². The van der Waals surface area contributed by atoms with Crippen molar-refractivity contribution in [1.29, 1.82) is 0 Å². The zero-order chi connectivity index (χ0) is 39.3. The number of benzene rings is 6. The quantitative estimate of drug-likeness (QED) is 0.163. The van der Waals surface area contributed by atoms with Crippen LogP contribution >= 0.6 is 0 Å². The summed E-state index contributed by atoms with van der Waals surface area (Å²) in [5.74, 6) is 2.48. The molecule has 282 valence electrons. The van der Waals surface area contributed by atoms with E-state index in [1.165, 1.54) is 44.2 Å². The zero-order valence-electron chi connectivity index (χ0n) is 33.6. The van der Waals surface area contributed by atoms with Gasteiger partial charge in [0.15, 0.2) is 0 Å². The molecule has 0 N–H and O–H groups in total. The Kier molecular flexibility index (Phi) is 8.96. The molecule has 0 spiro atoms. The molecule has 0 radical (unpaired) electrons. The van der Waals surface area contributed by atoms with Gasteiger partial charge in [-0.2, -0.15) is 0 Å². The third-order valence-electron chi connectivity index (χ3n) is 11.0. The van der Waals surface area contributed by atoms with Crippen LogP contribution in [0.5, 0.6) is 11.5 Å². The highest BCUT2D eigenvalue weighted by Crippen LogP contribution is 2.40. The number of nitrogens with zero attached hydrogens (tertiary/aromatic N) is 4. The van der Waals surface area contributed by atoms with Crippen molar-refractivity contribution in [2.24, 2.45) is 0 Å². The minimum Gasteiger partial charge on any atom is -0.457 e. The van der Waals surface area contributed by atoms with Gasteiger partial charge in [0.25, 0.3) is 0 Å². The van der Waals surface area contributed by atoms with E-state index in [0.717, 1.165) is 39.7 Å². The van der Waals surface area contributed by atoms with E-state index >= 15 is 0 Å². The lowest BCUT2D eigenvalue weighted by atomic mass is 9.86. The predicted octanol–water partition coefficient (Wildman–Crippen LogP) is 13.7. The summed E-state index contributed by atoms with van der Waals surface area (Å²) in [4.78, 5) is 9.51. The molecule has 1 aliphatic rings. The number of rotatable bonds is 7. The van der Waals surface area contributed by atoms with Crippen molar-refractivity contribution in [3.8, 4) is 39.6 Å². The Morgan fingerprint density at radius 3 is 1.95 bits per heavy atom. The first-order valence-electron chi connectivity index (χ1n) is 19.8. The molecule has 2 aromatic heterocycles. The number of pyridine rings is 1. The maximum Gasteiger partial charge on any atom is 0.137 e. The predicted molar refractivity (Wildman–Crippen MR) is 239 cm³/mol. The second kappa shape index (κ2) is 14.2. The maximum absolute atomic E-state index is 6.83. The summed E-state index contributed by atoms with van der Waals surface area (Å²) >= 11 is 0. The normalized spacial score (nSPS) is 13.2. The van der Waals surface area contributed by atoms with Crippen LogP contribution < -0.4 is 14.5 Å². The lowest BCUT2D eigenvalue weighted by molar-refractivity contribution is 0.479. The van der Waals surface area contributed by atoms with Gasteiger partial charge >= 0.3 is 0 Å². The Morgan fingerprint density at radius 2 is 1.19 bits per heavy atom. The van der Waals surface area contributed by atoms with Crippen molar-refractivity contribution < 1.29 is 4.74 Å². The van der Waals surface area contributed by atoms with Crippen molar-refractivity contribution in [1.82, 2.24) is 9.55 Å². The Bertz CT molecular complexity index is 2770. The average molecular weight is 745 g/mol. The fourth-order valence-electron chi connectivity index (χ4n) is 7.83. The van der Waals surface area contributed by atoms with Gasteiger partial charge in [0.2, 0.25) is 0 Å². The summed E-state index contributed by atoms with van der Waals surface area (Å²) < 4.78 is 9.10. The molecule has 5 nitrogen and oxygen atoms in total. The molecule has 0 atom stereocenters. The average Bonchev–Trinajstić information content (AvgIpc) is 3.84. The summed E-state index contributed by atoms with van der Waals surface area (Å²) in [6.07, 6.45) is 6.28. The van der Waals surface area contributed by atoms with Crippen LogP contribution in [0.3, 0.4) is 0 Å². The molecule has 0 bridgehead atoms. The van der Waals surface area contributed by atoms with Gasteiger partial charge < -0.3 is 14.5 Å². The van der Waals surface area contributed by atoms with Crippen LogP contribution in [-0.2, 0) is 10.8 Å². The minimum atomic E-state index is -0.0922. The van der Waals surface area contributed by atoms with E-state index in [1.807, 2.05) is 6.20 Å². The standard InChI is InChI=1S/C52H48N4O/c1-51(2,3)39-25-26-53-50(32-39)56-48-20-14-13-19-44(48)45-23-22-42(34-49(45)56)57-43-31-40(52(4,5)6)30-41(33-43)54-27-28-55(35-54)47-24-21-38(36-15-9-7-10-16-36)29-46(47)37-17-11-8-12-18-37/h7-34H,35H2,1-6H3. The molecule has 0 unspecified atom stereocenters. The molecular weight excluding hydrogens is 697 g/mol. The van der Waals surface area contributed by atoms with Gasteiger partial charge in [0, 0.05) is 52.8 Å². The lowest BCUT2D eigenvalue weighted by Crippen LogP contribution is -2.25. The molecule has 1 aliphatic heterocycles. The Balaban J connectivity index is 1.07. The van der Waals surface area contributed by atoms with Gasteiger partial charge in [-0.1, -0.05) is 126 Å². The van der Waals surface area contributed by atoms with Crippen LogP contribution in [0.25, 0.3) is 49.9 Å². The van der Waals surface area contributed by atoms with Crippen LogP contribution in [-0.4, -0.2) is 16.2 Å². The molecule has 0 amide bonds. The number of hydrogen-bond acceptors (Lipinski definition) is 4. The van der Waals surface area contributed by atoms with Crippen molar-refractivity contribution in [2.45, 2.75) is 52.4 Å². The highest BCUT2D eigenvalue weighted by molar-refractivity contribution is 6.09. The molecule has 0 aliphatic carbocycles. The van der Waals surface area contributed by atoms with E-state index in [4.69, 9.17) is 9.72 Å². The monoisotopic (exact) mass is 744 g/mol. The molecule has 6 aromatic carbocycles. The molecule has 0 saturated heterocycles. The van der Waals surface area contributed by atoms with Crippen LogP contribution in [0.4, 0.5) is 11.4 Å². The molecule has 57 heavy (non-hydrogen) atoms. The van der Waals surface area contributed by atoms with E-state index in [-0.39, 0.29) is 10.8 Å². The fourth-order valence-corrected chi connectivity index (χ4v) is 7.83.